The van der Waals surface area contributed by atoms with Gasteiger partial charge in [-0.1, -0.05) is 34.1 Å². The SMILES string of the molecule is O=C1CCc2cc(I)ccc2N1Cc1ccccc1Br. The van der Waals surface area contributed by atoms with Crippen LogP contribution in [0.25, 0.3) is 0 Å². The second kappa shape index (κ2) is 5.85. The Hall–Kier alpha value is -0.880. The molecule has 2 aromatic carbocycles. The van der Waals surface area contributed by atoms with E-state index in [0.717, 1.165) is 22.1 Å². The van der Waals surface area contributed by atoms with Gasteiger partial charge in [-0.2, -0.15) is 0 Å². The van der Waals surface area contributed by atoms with Crippen molar-refractivity contribution in [3.8, 4) is 0 Å². The van der Waals surface area contributed by atoms with E-state index >= 15 is 0 Å². The van der Waals surface area contributed by atoms with Gasteiger partial charge in [0, 0.05) is 20.2 Å². The summed E-state index contributed by atoms with van der Waals surface area (Å²) < 4.78 is 2.27. The van der Waals surface area contributed by atoms with Crippen LogP contribution < -0.4 is 4.90 Å². The summed E-state index contributed by atoms with van der Waals surface area (Å²) in [6.07, 6.45) is 1.44. The first-order valence-corrected chi connectivity index (χ1v) is 8.34. The third-order valence-electron chi connectivity index (χ3n) is 3.53. The zero-order valence-corrected chi connectivity index (χ0v) is 14.5. The molecular weight excluding hydrogens is 429 g/mol. The number of halogens is 2. The maximum atomic E-state index is 12.3. The lowest BCUT2D eigenvalue weighted by molar-refractivity contribution is -0.119. The quantitative estimate of drug-likeness (QED) is 0.627. The van der Waals surface area contributed by atoms with Crippen molar-refractivity contribution < 1.29 is 4.79 Å². The molecule has 1 heterocycles. The van der Waals surface area contributed by atoms with Gasteiger partial charge in [-0.15, -0.1) is 0 Å². The Bertz CT molecular complexity index is 671. The monoisotopic (exact) mass is 441 g/mol. The number of benzene rings is 2. The fourth-order valence-corrected chi connectivity index (χ4v) is 3.46. The standard InChI is InChI=1S/C16H13BrINO/c17-14-4-2-1-3-12(14)10-19-15-7-6-13(18)9-11(15)5-8-16(19)20/h1-4,6-7,9H,5,8,10H2. The number of hydrogen-bond donors (Lipinski definition) is 0. The van der Waals surface area contributed by atoms with Crippen LogP contribution in [0.3, 0.4) is 0 Å². The van der Waals surface area contributed by atoms with Crippen LogP contribution in [0, 0.1) is 3.57 Å². The minimum Gasteiger partial charge on any atom is -0.308 e. The van der Waals surface area contributed by atoms with Crippen LogP contribution in [0.15, 0.2) is 46.9 Å². The first-order chi connectivity index (χ1) is 9.65. The highest BCUT2D eigenvalue weighted by molar-refractivity contribution is 14.1. The number of carbonyl (C=O) groups excluding carboxylic acids is 1. The van der Waals surface area contributed by atoms with Crippen molar-refractivity contribution in [2.24, 2.45) is 0 Å². The number of amides is 1. The largest absolute Gasteiger partial charge is 0.308 e. The Balaban J connectivity index is 1.97. The van der Waals surface area contributed by atoms with Gasteiger partial charge in [0.05, 0.1) is 6.54 Å². The number of rotatable bonds is 2. The van der Waals surface area contributed by atoms with Crippen LogP contribution in [0.1, 0.15) is 17.5 Å². The van der Waals surface area contributed by atoms with Gasteiger partial charge in [-0.3, -0.25) is 4.79 Å². The molecule has 1 amide bonds. The second-order valence-corrected chi connectivity index (χ2v) is 6.94. The molecule has 4 heteroatoms. The lowest BCUT2D eigenvalue weighted by Gasteiger charge is -2.30. The number of carbonyl (C=O) groups is 1. The Morgan fingerprint density at radius 3 is 2.75 bits per heavy atom. The Morgan fingerprint density at radius 2 is 1.95 bits per heavy atom. The minimum absolute atomic E-state index is 0.203. The van der Waals surface area contributed by atoms with Crippen molar-refractivity contribution in [1.82, 2.24) is 0 Å². The molecule has 0 N–H and O–H groups in total. The summed E-state index contributed by atoms with van der Waals surface area (Å²) in [4.78, 5) is 14.2. The lowest BCUT2D eigenvalue weighted by Crippen LogP contribution is -2.34. The summed E-state index contributed by atoms with van der Waals surface area (Å²) in [5.41, 5.74) is 3.45. The number of fused-ring (bicyclic) bond motifs is 1. The molecular formula is C16H13BrINO. The van der Waals surface area contributed by atoms with E-state index in [2.05, 4.69) is 62.8 Å². The summed E-state index contributed by atoms with van der Waals surface area (Å²) in [7, 11) is 0. The predicted octanol–water partition coefficient (Wildman–Crippen LogP) is 4.53. The van der Waals surface area contributed by atoms with Gasteiger partial charge in [0.25, 0.3) is 0 Å². The molecule has 0 aromatic heterocycles. The Morgan fingerprint density at radius 1 is 1.15 bits per heavy atom. The number of aryl methyl sites for hydroxylation is 1. The molecule has 1 aliphatic rings. The topological polar surface area (TPSA) is 20.3 Å². The molecule has 0 bridgehead atoms. The molecule has 0 fully saturated rings. The zero-order chi connectivity index (χ0) is 14.1. The molecule has 0 aliphatic carbocycles. The average Bonchev–Trinajstić information content (AvgIpc) is 2.44. The van der Waals surface area contributed by atoms with Crippen LogP contribution in [0.5, 0.6) is 0 Å². The van der Waals surface area contributed by atoms with Crippen LogP contribution in [-0.4, -0.2) is 5.91 Å². The Kier molecular flexibility index (Phi) is 4.12. The van der Waals surface area contributed by atoms with Crippen molar-refractivity contribution in [2.75, 3.05) is 4.90 Å². The highest BCUT2D eigenvalue weighted by atomic mass is 127. The molecule has 0 saturated heterocycles. The molecule has 0 radical (unpaired) electrons. The molecule has 0 spiro atoms. The van der Waals surface area contributed by atoms with Gasteiger partial charge in [-0.25, -0.2) is 0 Å². The highest BCUT2D eigenvalue weighted by Crippen LogP contribution is 2.31. The highest BCUT2D eigenvalue weighted by Gasteiger charge is 2.24. The molecule has 2 aromatic rings. The molecule has 102 valence electrons. The van der Waals surface area contributed by atoms with Gasteiger partial charge in [0.2, 0.25) is 5.91 Å². The zero-order valence-electron chi connectivity index (χ0n) is 10.8. The molecule has 1 aliphatic heterocycles. The first-order valence-electron chi connectivity index (χ1n) is 6.47. The van der Waals surface area contributed by atoms with Crippen molar-refractivity contribution in [2.45, 2.75) is 19.4 Å². The predicted molar refractivity (Wildman–Crippen MR) is 92.8 cm³/mol. The maximum Gasteiger partial charge on any atom is 0.227 e. The molecule has 0 saturated carbocycles. The Labute approximate surface area is 140 Å². The maximum absolute atomic E-state index is 12.3. The van der Waals surface area contributed by atoms with Crippen LogP contribution in [0.4, 0.5) is 5.69 Å². The van der Waals surface area contributed by atoms with Crippen molar-refractivity contribution in [3.05, 3.63) is 61.6 Å². The molecule has 20 heavy (non-hydrogen) atoms. The average molecular weight is 442 g/mol. The van der Waals surface area contributed by atoms with Crippen molar-refractivity contribution in [1.29, 1.82) is 0 Å². The van der Waals surface area contributed by atoms with Crippen LogP contribution in [0.2, 0.25) is 0 Å². The number of nitrogens with zero attached hydrogens (tertiary/aromatic N) is 1. The number of anilines is 1. The van der Waals surface area contributed by atoms with E-state index in [1.54, 1.807) is 0 Å². The third-order valence-corrected chi connectivity index (χ3v) is 4.97. The van der Waals surface area contributed by atoms with Crippen molar-refractivity contribution >= 4 is 50.1 Å². The van der Waals surface area contributed by atoms with Gasteiger partial charge >= 0.3 is 0 Å². The van der Waals surface area contributed by atoms with E-state index in [-0.39, 0.29) is 5.91 Å². The second-order valence-electron chi connectivity index (χ2n) is 4.84. The van der Waals surface area contributed by atoms with Gasteiger partial charge in [-0.05, 0) is 64.4 Å². The summed E-state index contributed by atoms with van der Waals surface area (Å²) in [6, 6.07) is 14.4. The normalized spacial score (nSPS) is 14.3. The smallest absolute Gasteiger partial charge is 0.227 e. The van der Waals surface area contributed by atoms with E-state index in [4.69, 9.17) is 0 Å². The van der Waals surface area contributed by atoms with Gasteiger partial charge in [0.1, 0.15) is 0 Å². The van der Waals surface area contributed by atoms with E-state index in [0.29, 0.717) is 13.0 Å². The summed E-state index contributed by atoms with van der Waals surface area (Å²) >= 11 is 5.87. The molecule has 0 unspecified atom stereocenters. The van der Waals surface area contributed by atoms with E-state index in [9.17, 15) is 4.79 Å². The summed E-state index contributed by atoms with van der Waals surface area (Å²) in [5, 5.41) is 0. The first kappa shape index (κ1) is 14.1. The lowest BCUT2D eigenvalue weighted by atomic mass is 10.0. The van der Waals surface area contributed by atoms with Crippen LogP contribution >= 0.6 is 38.5 Å². The van der Waals surface area contributed by atoms with Gasteiger partial charge in [0.15, 0.2) is 0 Å². The summed E-state index contributed by atoms with van der Waals surface area (Å²) in [6.45, 7) is 0.619. The fourth-order valence-electron chi connectivity index (χ4n) is 2.50. The van der Waals surface area contributed by atoms with E-state index in [1.165, 1.54) is 9.13 Å². The van der Waals surface area contributed by atoms with E-state index < -0.39 is 0 Å². The third kappa shape index (κ3) is 2.76. The van der Waals surface area contributed by atoms with Crippen molar-refractivity contribution in [3.63, 3.8) is 0 Å². The fraction of sp³-hybridized carbons (Fsp3) is 0.188. The molecule has 0 atom stereocenters. The minimum atomic E-state index is 0.203. The van der Waals surface area contributed by atoms with Crippen LogP contribution in [-0.2, 0) is 17.8 Å². The number of hydrogen-bond acceptors (Lipinski definition) is 1. The molecule has 2 nitrogen and oxygen atoms in total. The molecule has 3 rings (SSSR count). The summed E-state index contributed by atoms with van der Waals surface area (Å²) in [5.74, 6) is 0.203. The van der Waals surface area contributed by atoms with E-state index in [1.807, 2.05) is 23.1 Å². The van der Waals surface area contributed by atoms with Gasteiger partial charge < -0.3 is 4.90 Å².